The summed E-state index contributed by atoms with van der Waals surface area (Å²) < 4.78 is 5.15. The third-order valence-corrected chi connectivity index (χ3v) is 5.80. The van der Waals surface area contributed by atoms with E-state index in [0.29, 0.717) is 13.0 Å². The summed E-state index contributed by atoms with van der Waals surface area (Å²) in [7, 11) is 0.185. The van der Waals surface area contributed by atoms with Crippen molar-refractivity contribution in [3.63, 3.8) is 0 Å². The maximum Gasteiger partial charge on any atom is 0.305 e. The SMILES string of the molecule is CCCCOC(=O)CCCP(CCC)CCC. The first-order valence-electron chi connectivity index (χ1n) is 7.12. The second kappa shape index (κ2) is 12.4. The van der Waals surface area contributed by atoms with Gasteiger partial charge in [0.2, 0.25) is 0 Å². The van der Waals surface area contributed by atoms with Gasteiger partial charge in [-0.25, -0.2) is 0 Å². The molecule has 17 heavy (non-hydrogen) atoms. The minimum absolute atomic E-state index is 0.00129. The topological polar surface area (TPSA) is 26.3 Å². The monoisotopic (exact) mass is 260 g/mol. The first-order chi connectivity index (χ1) is 8.24. The fourth-order valence-corrected chi connectivity index (χ4v) is 4.36. The minimum Gasteiger partial charge on any atom is -0.466 e. The van der Waals surface area contributed by atoms with Crippen LogP contribution in [-0.2, 0) is 9.53 Å². The van der Waals surface area contributed by atoms with E-state index in [1.54, 1.807) is 0 Å². The summed E-state index contributed by atoms with van der Waals surface area (Å²) in [6.07, 6.45) is 10.3. The lowest BCUT2D eigenvalue weighted by Gasteiger charge is -2.15. The molecule has 0 aliphatic rings. The molecule has 0 aliphatic carbocycles. The van der Waals surface area contributed by atoms with Crippen molar-refractivity contribution in [3.05, 3.63) is 0 Å². The van der Waals surface area contributed by atoms with Crippen LogP contribution in [0.4, 0.5) is 0 Å². The Balaban J connectivity index is 3.54. The molecule has 0 amide bonds. The van der Waals surface area contributed by atoms with Crippen LogP contribution >= 0.6 is 7.92 Å². The van der Waals surface area contributed by atoms with E-state index in [1.165, 1.54) is 31.3 Å². The van der Waals surface area contributed by atoms with Gasteiger partial charge >= 0.3 is 5.97 Å². The van der Waals surface area contributed by atoms with Crippen LogP contribution in [0, 0.1) is 0 Å². The zero-order chi connectivity index (χ0) is 12.9. The highest BCUT2D eigenvalue weighted by molar-refractivity contribution is 7.57. The second-order valence-electron chi connectivity index (χ2n) is 4.52. The van der Waals surface area contributed by atoms with E-state index in [2.05, 4.69) is 20.8 Å². The van der Waals surface area contributed by atoms with Crippen LogP contribution < -0.4 is 0 Å². The molecule has 0 N–H and O–H groups in total. The summed E-state index contributed by atoms with van der Waals surface area (Å²) in [6, 6.07) is 0. The van der Waals surface area contributed by atoms with E-state index in [-0.39, 0.29) is 13.9 Å². The second-order valence-corrected chi connectivity index (χ2v) is 7.20. The summed E-state index contributed by atoms with van der Waals surface area (Å²) in [5.41, 5.74) is 0. The molecule has 0 unspecified atom stereocenters. The number of ether oxygens (including phenoxy) is 1. The predicted octanol–water partition coefficient (Wildman–Crippen LogP) is 4.41. The average molecular weight is 260 g/mol. The molecule has 0 aromatic heterocycles. The highest BCUT2D eigenvalue weighted by Crippen LogP contribution is 2.37. The van der Waals surface area contributed by atoms with Crippen molar-refractivity contribution in [2.45, 2.75) is 59.3 Å². The van der Waals surface area contributed by atoms with Crippen molar-refractivity contribution >= 4 is 13.9 Å². The van der Waals surface area contributed by atoms with Crippen molar-refractivity contribution in [2.75, 3.05) is 25.1 Å². The van der Waals surface area contributed by atoms with Crippen LogP contribution in [0.1, 0.15) is 59.3 Å². The number of carbonyl (C=O) groups is 1. The molecule has 2 nitrogen and oxygen atoms in total. The Morgan fingerprint density at radius 2 is 1.59 bits per heavy atom. The van der Waals surface area contributed by atoms with Gasteiger partial charge in [-0.15, -0.1) is 7.92 Å². The van der Waals surface area contributed by atoms with Gasteiger partial charge < -0.3 is 4.74 Å². The molecule has 0 bridgehead atoms. The highest BCUT2D eigenvalue weighted by atomic mass is 31.1. The van der Waals surface area contributed by atoms with E-state index in [4.69, 9.17) is 4.74 Å². The van der Waals surface area contributed by atoms with Gasteiger partial charge in [0, 0.05) is 6.42 Å². The lowest BCUT2D eigenvalue weighted by molar-refractivity contribution is -0.143. The van der Waals surface area contributed by atoms with Gasteiger partial charge in [0.1, 0.15) is 0 Å². The Kier molecular flexibility index (Phi) is 12.3. The van der Waals surface area contributed by atoms with Gasteiger partial charge in [0.15, 0.2) is 0 Å². The number of esters is 1. The molecule has 0 saturated carbocycles. The summed E-state index contributed by atoms with van der Waals surface area (Å²) in [5, 5.41) is 0. The highest BCUT2D eigenvalue weighted by Gasteiger charge is 2.08. The fraction of sp³-hybridized carbons (Fsp3) is 0.929. The molecule has 0 atom stereocenters. The van der Waals surface area contributed by atoms with Crippen LogP contribution in [0.5, 0.6) is 0 Å². The molecule has 0 spiro atoms. The maximum absolute atomic E-state index is 11.4. The normalized spacial score (nSPS) is 10.8. The molecule has 0 aliphatic heterocycles. The lowest BCUT2D eigenvalue weighted by atomic mass is 10.3. The Hall–Kier alpha value is -0.100. The fourth-order valence-electron chi connectivity index (χ4n) is 1.82. The average Bonchev–Trinajstić information content (AvgIpc) is 2.30. The third-order valence-electron chi connectivity index (χ3n) is 2.70. The van der Waals surface area contributed by atoms with E-state index < -0.39 is 0 Å². The number of unbranched alkanes of at least 4 members (excludes halogenated alkanes) is 1. The van der Waals surface area contributed by atoms with E-state index in [0.717, 1.165) is 19.3 Å². The zero-order valence-electron chi connectivity index (χ0n) is 11.8. The predicted molar refractivity (Wildman–Crippen MR) is 77.2 cm³/mol. The molecule has 0 fully saturated rings. The molecule has 3 heteroatoms. The van der Waals surface area contributed by atoms with E-state index in [1.807, 2.05) is 0 Å². The first kappa shape index (κ1) is 16.9. The molecule has 102 valence electrons. The molecule has 0 saturated heterocycles. The van der Waals surface area contributed by atoms with Crippen LogP contribution in [0.2, 0.25) is 0 Å². The van der Waals surface area contributed by atoms with Gasteiger partial charge in [0.25, 0.3) is 0 Å². The Morgan fingerprint density at radius 1 is 0.941 bits per heavy atom. The number of hydrogen-bond acceptors (Lipinski definition) is 2. The number of hydrogen-bond donors (Lipinski definition) is 0. The van der Waals surface area contributed by atoms with E-state index in [9.17, 15) is 4.79 Å². The summed E-state index contributed by atoms with van der Waals surface area (Å²) in [4.78, 5) is 11.4. The molecular weight excluding hydrogens is 231 g/mol. The summed E-state index contributed by atoms with van der Waals surface area (Å²) >= 11 is 0. The smallest absolute Gasteiger partial charge is 0.305 e. The van der Waals surface area contributed by atoms with Crippen molar-refractivity contribution in [1.82, 2.24) is 0 Å². The minimum atomic E-state index is 0.00129. The first-order valence-corrected chi connectivity index (χ1v) is 9.02. The standard InChI is InChI=1S/C14H29O2P/c1-4-7-10-16-14(15)9-8-13-17(11-5-2)12-6-3/h4-13H2,1-3H3. The van der Waals surface area contributed by atoms with Crippen LogP contribution in [-0.4, -0.2) is 31.1 Å². The Morgan fingerprint density at radius 3 is 2.12 bits per heavy atom. The molecular formula is C14H29O2P. The molecule has 0 aromatic carbocycles. The van der Waals surface area contributed by atoms with Gasteiger partial charge in [0.05, 0.1) is 6.61 Å². The van der Waals surface area contributed by atoms with Gasteiger partial charge in [-0.3, -0.25) is 4.79 Å². The van der Waals surface area contributed by atoms with Gasteiger partial charge in [-0.1, -0.05) is 40.0 Å². The van der Waals surface area contributed by atoms with Crippen molar-refractivity contribution < 1.29 is 9.53 Å². The van der Waals surface area contributed by atoms with Gasteiger partial charge in [-0.2, -0.15) is 0 Å². The van der Waals surface area contributed by atoms with Crippen LogP contribution in [0.15, 0.2) is 0 Å². The molecule has 0 rings (SSSR count). The summed E-state index contributed by atoms with van der Waals surface area (Å²) in [6.45, 7) is 7.22. The summed E-state index contributed by atoms with van der Waals surface area (Å²) in [5.74, 6) is 0.00129. The van der Waals surface area contributed by atoms with Gasteiger partial charge in [-0.05, 0) is 31.3 Å². The lowest BCUT2D eigenvalue weighted by Crippen LogP contribution is -2.06. The largest absolute Gasteiger partial charge is 0.466 e. The van der Waals surface area contributed by atoms with Crippen molar-refractivity contribution in [3.8, 4) is 0 Å². The Bertz CT molecular complexity index is 177. The van der Waals surface area contributed by atoms with Crippen molar-refractivity contribution in [1.29, 1.82) is 0 Å². The molecule has 0 aromatic rings. The van der Waals surface area contributed by atoms with Crippen molar-refractivity contribution in [2.24, 2.45) is 0 Å². The zero-order valence-corrected chi connectivity index (χ0v) is 12.7. The maximum atomic E-state index is 11.4. The Labute approximate surface area is 108 Å². The van der Waals surface area contributed by atoms with Crippen LogP contribution in [0.3, 0.4) is 0 Å². The third kappa shape index (κ3) is 10.8. The number of rotatable bonds is 11. The van der Waals surface area contributed by atoms with Crippen LogP contribution in [0.25, 0.3) is 0 Å². The quantitative estimate of drug-likeness (QED) is 0.312. The molecule has 0 heterocycles. The molecule has 0 radical (unpaired) electrons. The number of carbonyl (C=O) groups excluding carboxylic acids is 1. The van der Waals surface area contributed by atoms with E-state index >= 15 is 0 Å².